The fraction of sp³-hybridized carbons (Fsp3) is 0.300. The summed E-state index contributed by atoms with van der Waals surface area (Å²) in [7, 11) is 3.13. The molecular weight excluding hydrogens is 365 g/mol. The monoisotopic (exact) mass is 391 g/mol. The Hall–Kier alpha value is -3.29. The predicted octanol–water partition coefficient (Wildman–Crippen LogP) is 4.26. The molecule has 3 rings (SSSR count). The minimum atomic E-state index is -0.615. The van der Waals surface area contributed by atoms with E-state index in [0.29, 0.717) is 11.3 Å². The van der Waals surface area contributed by atoms with Gasteiger partial charge in [-0.3, -0.25) is 4.90 Å². The molecule has 0 aromatic heterocycles. The summed E-state index contributed by atoms with van der Waals surface area (Å²) in [5, 5.41) is 0. The highest BCUT2D eigenvalue weighted by Crippen LogP contribution is 2.31. The van der Waals surface area contributed by atoms with E-state index in [0.717, 1.165) is 5.56 Å². The Labute approximate surface area is 164 Å². The number of anilines is 1. The van der Waals surface area contributed by atoms with Crippen LogP contribution in [0.5, 0.6) is 11.5 Å². The average Bonchev–Trinajstić information content (AvgIpc) is 2.67. The van der Waals surface area contributed by atoms with Crippen LogP contribution in [0.1, 0.15) is 26.4 Å². The molecule has 8 heteroatoms. The van der Waals surface area contributed by atoms with Crippen LogP contribution in [0.2, 0.25) is 0 Å². The molecule has 28 heavy (non-hydrogen) atoms. The number of halogens is 1. The molecular formula is C20H26FN3O4. The van der Waals surface area contributed by atoms with Crippen LogP contribution in [-0.4, -0.2) is 36.1 Å². The lowest BCUT2D eigenvalue weighted by Gasteiger charge is -2.28. The maximum absolute atomic E-state index is 14.1. The summed E-state index contributed by atoms with van der Waals surface area (Å²) in [6.45, 7) is 4.27. The lowest BCUT2D eigenvalue weighted by molar-refractivity contribution is 0.134. The van der Waals surface area contributed by atoms with E-state index in [-0.39, 0.29) is 26.0 Å². The number of carbonyl (C=O) groups excluding carboxylic acids is 2. The third-order valence-corrected chi connectivity index (χ3v) is 3.90. The van der Waals surface area contributed by atoms with E-state index in [4.69, 9.17) is 15.2 Å². The quantitative estimate of drug-likeness (QED) is 0.791. The van der Waals surface area contributed by atoms with Crippen molar-refractivity contribution < 1.29 is 24.9 Å². The zero-order valence-electron chi connectivity index (χ0n) is 16.4. The van der Waals surface area contributed by atoms with E-state index >= 15 is 0 Å². The normalized spacial score (nSPS) is 12.3. The van der Waals surface area contributed by atoms with Gasteiger partial charge < -0.3 is 20.1 Å². The van der Waals surface area contributed by atoms with Crippen molar-refractivity contribution in [2.45, 2.75) is 26.9 Å². The number of carbonyl (C=O) groups is 2. The van der Waals surface area contributed by atoms with Crippen molar-refractivity contribution in [1.29, 1.82) is 0 Å². The van der Waals surface area contributed by atoms with E-state index in [1.54, 1.807) is 38.4 Å². The Morgan fingerprint density at radius 1 is 1.32 bits per heavy atom. The van der Waals surface area contributed by atoms with E-state index in [2.05, 4.69) is 0 Å². The molecule has 0 aliphatic carbocycles. The molecule has 0 saturated heterocycles. The van der Waals surface area contributed by atoms with Gasteiger partial charge in [0.15, 0.2) is 5.82 Å². The van der Waals surface area contributed by atoms with Crippen molar-refractivity contribution in [2.24, 2.45) is 0 Å². The van der Waals surface area contributed by atoms with E-state index < -0.39 is 18.0 Å². The second-order valence-corrected chi connectivity index (χ2v) is 6.08. The van der Waals surface area contributed by atoms with Gasteiger partial charge in [-0.25, -0.2) is 14.0 Å². The van der Waals surface area contributed by atoms with E-state index in [1.165, 1.54) is 21.9 Å². The van der Waals surface area contributed by atoms with Gasteiger partial charge in [-0.1, -0.05) is 26.0 Å². The maximum Gasteiger partial charge on any atom is 0.415 e. The molecule has 0 spiro atoms. The molecule has 0 saturated carbocycles. The molecule has 0 fully saturated rings. The minimum Gasteiger partial charge on any atom is -0.410 e. The number of hydrogen-bond acceptors (Lipinski definition) is 5. The first-order valence-electron chi connectivity index (χ1n) is 8.87. The average molecular weight is 391 g/mol. The molecule has 1 aliphatic rings. The number of amides is 2. The molecule has 152 valence electrons. The summed E-state index contributed by atoms with van der Waals surface area (Å²) >= 11 is 0. The molecule has 2 aromatic rings. The largest absolute Gasteiger partial charge is 0.415 e. The van der Waals surface area contributed by atoms with Gasteiger partial charge in [0.25, 0.3) is 0 Å². The fourth-order valence-electron chi connectivity index (χ4n) is 2.49. The predicted molar refractivity (Wildman–Crippen MR) is 106 cm³/mol. The lowest BCUT2D eigenvalue weighted by Crippen LogP contribution is -2.36. The van der Waals surface area contributed by atoms with Crippen LogP contribution in [-0.2, 0) is 13.1 Å². The summed E-state index contributed by atoms with van der Waals surface area (Å²) in [4.78, 5) is 26.5. The third-order valence-electron chi connectivity index (χ3n) is 3.90. The molecule has 0 unspecified atom stereocenters. The number of benzene rings is 2. The Morgan fingerprint density at radius 3 is 2.71 bits per heavy atom. The second kappa shape index (κ2) is 9.07. The van der Waals surface area contributed by atoms with Crippen molar-refractivity contribution in [3.63, 3.8) is 0 Å². The summed E-state index contributed by atoms with van der Waals surface area (Å²) in [5.41, 5.74) is 6.62. The lowest BCUT2D eigenvalue weighted by atomic mass is 10.1. The van der Waals surface area contributed by atoms with Crippen molar-refractivity contribution in [3.8, 4) is 11.5 Å². The smallest absolute Gasteiger partial charge is 0.410 e. The highest BCUT2D eigenvalue weighted by molar-refractivity contribution is 5.74. The molecule has 2 amide bonds. The van der Waals surface area contributed by atoms with Gasteiger partial charge in [0.1, 0.15) is 11.5 Å². The van der Waals surface area contributed by atoms with Crippen LogP contribution in [0.15, 0.2) is 36.4 Å². The van der Waals surface area contributed by atoms with Gasteiger partial charge in [0, 0.05) is 32.7 Å². The number of fused-ring (bicyclic) bond motifs is 1. The number of hydrogen-bond donors (Lipinski definition) is 1. The summed E-state index contributed by atoms with van der Waals surface area (Å²) in [6, 6.07) is 9.44. The standard InChI is InChI=1S/C18H18FN3O4.C2H6.H2/c1-21(2)17(23)25-13-7-6-11-9-22(18(24)26-15(11)8-13)10-12-4-3-5-14(20)16(12)19;1-2;/h3-8H,9-10,20H2,1-2H3;1-2H3;1H. The molecule has 2 aromatic carbocycles. The van der Waals surface area contributed by atoms with Crippen LogP contribution in [0.4, 0.5) is 19.7 Å². The Morgan fingerprint density at radius 2 is 2.04 bits per heavy atom. The van der Waals surface area contributed by atoms with Gasteiger partial charge >= 0.3 is 12.2 Å². The fourth-order valence-corrected chi connectivity index (χ4v) is 2.49. The molecule has 1 heterocycles. The Bertz CT molecular complexity index is 877. The minimum absolute atomic E-state index is 0. The van der Waals surface area contributed by atoms with Crippen LogP contribution < -0.4 is 15.2 Å². The number of nitrogen functional groups attached to an aromatic ring is 1. The van der Waals surface area contributed by atoms with Crippen molar-refractivity contribution in [1.82, 2.24) is 9.80 Å². The van der Waals surface area contributed by atoms with Gasteiger partial charge in [-0.05, 0) is 18.2 Å². The maximum atomic E-state index is 14.1. The first-order valence-corrected chi connectivity index (χ1v) is 8.87. The zero-order chi connectivity index (χ0) is 20.8. The zero-order valence-corrected chi connectivity index (χ0v) is 16.4. The second-order valence-electron chi connectivity index (χ2n) is 6.08. The van der Waals surface area contributed by atoms with E-state index in [1.807, 2.05) is 13.8 Å². The Kier molecular flexibility index (Phi) is 6.81. The van der Waals surface area contributed by atoms with Crippen LogP contribution in [0.3, 0.4) is 0 Å². The molecule has 0 bridgehead atoms. The summed E-state index contributed by atoms with van der Waals surface area (Å²) in [5.74, 6) is 0.0333. The molecule has 7 nitrogen and oxygen atoms in total. The van der Waals surface area contributed by atoms with Crippen molar-refractivity contribution in [2.75, 3.05) is 19.8 Å². The Balaban J connectivity index is 0.00000136. The number of rotatable bonds is 3. The van der Waals surface area contributed by atoms with Crippen LogP contribution >= 0.6 is 0 Å². The molecule has 2 N–H and O–H groups in total. The SMILES string of the molecule is CC.CN(C)C(=O)Oc1ccc2c(c1)OC(=O)N(Cc1cccc(N)c1F)C2.[HH]. The third kappa shape index (κ3) is 4.70. The molecule has 1 aliphatic heterocycles. The first kappa shape index (κ1) is 21.0. The van der Waals surface area contributed by atoms with Crippen molar-refractivity contribution >= 4 is 17.9 Å². The first-order chi connectivity index (χ1) is 13.3. The van der Waals surface area contributed by atoms with Gasteiger partial charge in [-0.15, -0.1) is 0 Å². The topological polar surface area (TPSA) is 85.1 Å². The van der Waals surface area contributed by atoms with Crippen LogP contribution in [0.25, 0.3) is 0 Å². The number of nitrogens with two attached hydrogens (primary N) is 1. The van der Waals surface area contributed by atoms with Crippen LogP contribution in [0, 0.1) is 5.82 Å². The highest BCUT2D eigenvalue weighted by atomic mass is 19.1. The molecule has 0 atom stereocenters. The molecule has 0 radical (unpaired) electrons. The summed E-state index contributed by atoms with van der Waals surface area (Å²) < 4.78 is 24.5. The number of ether oxygens (including phenoxy) is 2. The number of nitrogens with zero attached hydrogens (tertiary/aromatic N) is 2. The van der Waals surface area contributed by atoms with Crippen molar-refractivity contribution in [3.05, 3.63) is 53.3 Å². The van der Waals surface area contributed by atoms with Gasteiger partial charge in [-0.2, -0.15) is 0 Å². The van der Waals surface area contributed by atoms with E-state index in [9.17, 15) is 14.0 Å². The van der Waals surface area contributed by atoms with Gasteiger partial charge in [0.05, 0.1) is 18.8 Å². The van der Waals surface area contributed by atoms with Gasteiger partial charge in [0.2, 0.25) is 0 Å². The summed E-state index contributed by atoms with van der Waals surface area (Å²) in [6.07, 6.45) is -1.15. The highest BCUT2D eigenvalue weighted by Gasteiger charge is 2.26.